The standard InChI is InChI=1S/C18H20N4O2/c1-12-20-14(10-18(24)21-12)7-8-19-17(23)9-13-11-22(2)16-6-4-3-5-15(13)16/h3-6,10-11H,7-9H2,1-2H3,(H,19,23)(H,20,21,24). The van der Waals surface area contributed by atoms with Crippen molar-refractivity contribution >= 4 is 16.8 Å². The minimum Gasteiger partial charge on any atom is -0.355 e. The van der Waals surface area contributed by atoms with Gasteiger partial charge in [0, 0.05) is 48.9 Å². The van der Waals surface area contributed by atoms with Gasteiger partial charge < -0.3 is 14.9 Å². The van der Waals surface area contributed by atoms with Crippen LogP contribution in [0.15, 0.2) is 41.3 Å². The van der Waals surface area contributed by atoms with E-state index in [0.717, 1.165) is 16.5 Å². The van der Waals surface area contributed by atoms with Crippen molar-refractivity contribution < 1.29 is 4.79 Å². The number of benzene rings is 1. The van der Waals surface area contributed by atoms with Crippen molar-refractivity contribution in [2.45, 2.75) is 19.8 Å². The van der Waals surface area contributed by atoms with Gasteiger partial charge in [-0.15, -0.1) is 0 Å². The lowest BCUT2D eigenvalue weighted by molar-refractivity contribution is -0.120. The predicted molar refractivity (Wildman–Crippen MR) is 92.9 cm³/mol. The molecule has 1 aromatic carbocycles. The van der Waals surface area contributed by atoms with Crippen LogP contribution in [0.25, 0.3) is 10.9 Å². The fourth-order valence-electron chi connectivity index (χ4n) is 2.90. The second kappa shape index (κ2) is 6.70. The van der Waals surface area contributed by atoms with Gasteiger partial charge in [-0.1, -0.05) is 18.2 Å². The first-order valence-corrected chi connectivity index (χ1v) is 7.89. The summed E-state index contributed by atoms with van der Waals surface area (Å²) in [5, 5.41) is 3.99. The fourth-order valence-corrected chi connectivity index (χ4v) is 2.90. The molecule has 0 fully saturated rings. The zero-order valence-corrected chi connectivity index (χ0v) is 13.8. The molecule has 0 aliphatic carbocycles. The molecule has 6 nitrogen and oxygen atoms in total. The van der Waals surface area contributed by atoms with E-state index >= 15 is 0 Å². The molecule has 0 saturated heterocycles. The molecule has 2 aromatic heterocycles. The van der Waals surface area contributed by atoms with E-state index in [0.29, 0.717) is 30.9 Å². The molecule has 3 aromatic rings. The summed E-state index contributed by atoms with van der Waals surface area (Å²) in [6, 6.07) is 9.50. The number of fused-ring (bicyclic) bond motifs is 1. The number of aromatic amines is 1. The predicted octanol–water partition coefficient (Wildman–Crippen LogP) is 1.47. The molecule has 6 heteroatoms. The first kappa shape index (κ1) is 16.0. The van der Waals surface area contributed by atoms with E-state index in [9.17, 15) is 9.59 Å². The average Bonchev–Trinajstić information content (AvgIpc) is 2.83. The highest BCUT2D eigenvalue weighted by atomic mass is 16.1. The Morgan fingerprint density at radius 2 is 2.12 bits per heavy atom. The van der Waals surface area contributed by atoms with E-state index in [1.807, 2.05) is 42.1 Å². The van der Waals surface area contributed by atoms with Crippen molar-refractivity contribution in [2.24, 2.45) is 7.05 Å². The summed E-state index contributed by atoms with van der Waals surface area (Å²) < 4.78 is 2.03. The van der Waals surface area contributed by atoms with Crippen LogP contribution < -0.4 is 10.9 Å². The summed E-state index contributed by atoms with van der Waals surface area (Å²) in [7, 11) is 1.98. The topological polar surface area (TPSA) is 79.8 Å². The van der Waals surface area contributed by atoms with E-state index < -0.39 is 0 Å². The third-order valence-electron chi connectivity index (χ3n) is 3.95. The second-order valence-corrected chi connectivity index (χ2v) is 5.88. The Bertz CT molecular complexity index is 940. The maximum Gasteiger partial charge on any atom is 0.251 e. The molecule has 0 unspecified atom stereocenters. The molecule has 0 radical (unpaired) electrons. The summed E-state index contributed by atoms with van der Waals surface area (Å²) >= 11 is 0. The monoisotopic (exact) mass is 324 g/mol. The Morgan fingerprint density at radius 1 is 1.33 bits per heavy atom. The summed E-state index contributed by atoms with van der Waals surface area (Å²) in [5.41, 5.74) is 2.64. The molecule has 2 N–H and O–H groups in total. The number of hydrogen-bond donors (Lipinski definition) is 2. The number of nitrogens with zero attached hydrogens (tertiary/aromatic N) is 2. The number of carbonyl (C=O) groups excluding carboxylic acids is 1. The SMILES string of the molecule is Cc1nc(CCNC(=O)Cc2cn(C)c3ccccc23)cc(=O)[nH]1. The minimum atomic E-state index is -0.167. The van der Waals surface area contributed by atoms with Crippen molar-refractivity contribution in [1.82, 2.24) is 19.9 Å². The normalized spacial score (nSPS) is 10.9. The highest BCUT2D eigenvalue weighted by Crippen LogP contribution is 2.20. The number of rotatable bonds is 5. The lowest BCUT2D eigenvalue weighted by atomic mass is 10.1. The van der Waals surface area contributed by atoms with Crippen LogP contribution in [-0.4, -0.2) is 27.0 Å². The molecule has 3 rings (SSSR count). The van der Waals surface area contributed by atoms with Crippen LogP contribution in [-0.2, 0) is 24.7 Å². The largest absolute Gasteiger partial charge is 0.355 e. The molecule has 0 aliphatic rings. The van der Waals surface area contributed by atoms with Crippen LogP contribution in [0, 0.1) is 6.92 Å². The molecular formula is C18H20N4O2. The van der Waals surface area contributed by atoms with Gasteiger partial charge >= 0.3 is 0 Å². The number of nitrogens with one attached hydrogen (secondary N) is 2. The van der Waals surface area contributed by atoms with E-state index in [4.69, 9.17) is 0 Å². The molecule has 0 saturated carbocycles. The first-order valence-electron chi connectivity index (χ1n) is 7.89. The van der Waals surface area contributed by atoms with Crippen molar-refractivity contribution in [3.8, 4) is 0 Å². The van der Waals surface area contributed by atoms with Crippen LogP contribution in [0.4, 0.5) is 0 Å². The summed E-state index contributed by atoms with van der Waals surface area (Å²) in [5.74, 6) is 0.549. The summed E-state index contributed by atoms with van der Waals surface area (Å²) in [6.07, 6.45) is 2.86. The van der Waals surface area contributed by atoms with Gasteiger partial charge in [-0.05, 0) is 18.6 Å². The van der Waals surface area contributed by atoms with Gasteiger partial charge in [-0.3, -0.25) is 9.59 Å². The van der Waals surface area contributed by atoms with Crippen molar-refractivity contribution in [3.05, 3.63) is 64.0 Å². The smallest absolute Gasteiger partial charge is 0.251 e. The summed E-state index contributed by atoms with van der Waals surface area (Å²) in [4.78, 5) is 30.4. The molecule has 2 heterocycles. The van der Waals surface area contributed by atoms with E-state index in [1.54, 1.807) is 6.92 Å². The van der Waals surface area contributed by atoms with E-state index in [1.165, 1.54) is 6.07 Å². The Morgan fingerprint density at radius 3 is 2.92 bits per heavy atom. The van der Waals surface area contributed by atoms with Crippen LogP contribution in [0.3, 0.4) is 0 Å². The maximum absolute atomic E-state index is 12.2. The Kier molecular flexibility index (Phi) is 4.46. The molecule has 1 amide bonds. The maximum atomic E-state index is 12.2. The van der Waals surface area contributed by atoms with E-state index in [2.05, 4.69) is 15.3 Å². The van der Waals surface area contributed by atoms with Gasteiger partial charge in [0.1, 0.15) is 5.82 Å². The number of para-hydroxylation sites is 1. The number of aromatic nitrogens is 3. The van der Waals surface area contributed by atoms with Crippen LogP contribution in [0.2, 0.25) is 0 Å². The lowest BCUT2D eigenvalue weighted by Gasteiger charge is -2.05. The number of H-pyrrole nitrogens is 1. The highest BCUT2D eigenvalue weighted by Gasteiger charge is 2.10. The number of amides is 1. The third-order valence-corrected chi connectivity index (χ3v) is 3.95. The zero-order chi connectivity index (χ0) is 17.1. The fraction of sp³-hybridized carbons (Fsp3) is 0.278. The van der Waals surface area contributed by atoms with Gasteiger partial charge in [0.25, 0.3) is 5.56 Å². The van der Waals surface area contributed by atoms with Gasteiger partial charge in [0.05, 0.1) is 6.42 Å². The Balaban J connectivity index is 1.60. The average molecular weight is 324 g/mol. The van der Waals surface area contributed by atoms with Crippen LogP contribution in [0.1, 0.15) is 17.1 Å². The molecule has 0 spiro atoms. The zero-order valence-electron chi connectivity index (χ0n) is 13.8. The highest BCUT2D eigenvalue weighted by molar-refractivity contribution is 5.89. The van der Waals surface area contributed by atoms with Crippen molar-refractivity contribution in [2.75, 3.05) is 6.54 Å². The van der Waals surface area contributed by atoms with Gasteiger partial charge in [0.2, 0.25) is 5.91 Å². The second-order valence-electron chi connectivity index (χ2n) is 5.88. The molecular weight excluding hydrogens is 304 g/mol. The molecule has 24 heavy (non-hydrogen) atoms. The Hall–Kier alpha value is -2.89. The van der Waals surface area contributed by atoms with Gasteiger partial charge in [-0.25, -0.2) is 4.98 Å². The van der Waals surface area contributed by atoms with Crippen LogP contribution >= 0.6 is 0 Å². The molecule has 0 bridgehead atoms. The Labute approximate surface area is 139 Å². The third kappa shape index (κ3) is 3.53. The summed E-state index contributed by atoms with van der Waals surface area (Å²) in [6.45, 7) is 2.20. The number of hydrogen-bond acceptors (Lipinski definition) is 3. The quantitative estimate of drug-likeness (QED) is 0.746. The molecule has 0 aliphatic heterocycles. The number of carbonyl (C=O) groups is 1. The van der Waals surface area contributed by atoms with Crippen LogP contribution in [0.5, 0.6) is 0 Å². The van der Waals surface area contributed by atoms with Gasteiger partial charge in [0.15, 0.2) is 0 Å². The van der Waals surface area contributed by atoms with Crippen molar-refractivity contribution in [3.63, 3.8) is 0 Å². The van der Waals surface area contributed by atoms with E-state index in [-0.39, 0.29) is 11.5 Å². The van der Waals surface area contributed by atoms with Gasteiger partial charge in [-0.2, -0.15) is 0 Å². The van der Waals surface area contributed by atoms with Crippen molar-refractivity contribution in [1.29, 1.82) is 0 Å². The molecule has 124 valence electrons. The first-order chi connectivity index (χ1) is 11.5. The minimum absolute atomic E-state index is 0.0343. The molecule has 0 atom stereocenters. The number of aryl methyl sites for hydroxylation is 2. The lowest BCUT2D eigenvalue weighted by Crippen LogP contribution is -2.27.